The Bertz CT molecular complexity index is 662. The molecular weight excluding hydrogens is 244 g/mol. The maximum absolute atomic E-state index is 11.2. The summed E-state index contributed by atoms with van der Waals surface area (Å²) in [4.78, 5) is 24.9. The molecule has 0 unspecified atom stereocenters. The van der Waals surface area contributed by atoms with Crippen molar-refractivity contribution >= 4 is 17.5 Å². The average Bonchev–Trinajstić information content (AvgIpc) is 2.33. The second-order valence-corrected chi connectivity index (χ2v) is 4.27. The lowest BCUT2D eigenvalue weighted by Gasteiger charge is -2.09. The highest BCUT2D eigenvalue weighted by molar-refractivity contribution is 5.72. The van der Waals surface area contributed by atoms with Gasteiger partial charge in [-0.2, -0.15) is 0 Å². The highest BCUT2D eigenvalue weighted by Gasteiger charge is 2.05. The van der Waals surface area contributed by atoms with Crippen LogP contribution in [0.15, 0.2) is 41.3 Å². The lowest BCUT2D eigenvalue weighted by atomic mass is 10.0. The molecule has 0 saturated heterocycles. The molecule has 98 valence electrons. The minimum Gasteiger partial charge on any atom is -0.481 e. The molecule has 5 nitrogen and oxygen atoms in total. The number of anilines is 2. The standard InChI is InChI=1S/C14H14N2O3/c1-9-2-3-11(6-10(9)7-14(18)19)16-13-8-12(17)4-5-15-13/h2-6,8H,7H2,1H3,(H,18,19)(H2,15,16,17). The first-order chi connectivity index (χ1) is 9.04. The fourth-order valence-corrected chi connectivity index (χ4v) is 1.78. The van der Waals surface area contributed by atoms with Crippen LogP contribution in [0.25, 0.3) is 0 Å². The Balaban J connectivity index is 2.26. The van der Waals surface area contributed by atoms with E-state index in [-0.39, 0.29) is 11.8 Å². The summed E-state index contributed by atoms with van der Waals surface area (Å²) in [7, 11) is 0. The van der Waals surface area contributed by atoms with Gasteiger partial charge in [0.25, 0.3) is 0 Å². The predicted molar refractivity (Wildman–Crippen MR) is 72.9 cm³/mol. The van der Waals surface area contributed by atoms with E-state index in [9.17, 15) is 9.59 Å². The first-order valence-corrected chi connectivity index (χ1v) is 5.82. The number of benzene rings is 1. The Kier molecular flexibility index (Phi) is 3.66. The van der Waals surface area contributed by atoms with Crippen LogP contribution in [0.3, 0.4) is 0 Å². The number of aliphatic carboxylic acids is 1. The highest BCUT2D eigenvalue weighted by atomic mass is 16.4. The molecule has 19 heavy (non-hydrogen) atoms. The summed E-state index contributed by atoms with van der Waals surface area (Å²) < 4.78 is 0. The number of carboxylic acids is 1. The number of nitrogens with one attached hydrogen (secondary N) is 2. The first-order valence-electron chi connectivity index (χ1n) is 5.82. The van der Waals surface area contributed by atoms with Gasteiger partial charge in [0.15, 0.2) is 5.43 Å². The average molecular weight is 258 g/mol. The summed E-state index contributed by atoms with van der Waals surface area (Å²) in [5.74, 6) is -0.300. The quantitative estimate of drug-likeness (QED) is 0.784. The zero-order valence-electron chi connectivity index (χ0n) is 10.4. The van der Waals surface area contributed by atoms with Crippen molar-refractivity contribution < 1.29 is 9.90 Å². The summed E-state index contributed by atoms with van der Waals surface area (Å²) in [6.07, 6.45) is 1.53. The number of H-pyrrole nitrogens is 1. The van der Waals surface area contributed by atoms with Crippen LogP contribution in [0, 0.1) is 6.92 Å². The minimum absolute atomic E-state index is 0.0212. The van der Waals surface area contributed by atoms with Gasteiger partial charge < -0.3 is 15.4 Å². The molecule has 0 aliphatic heterocycles. The molecule has 5 heteroatoms. The third-order valence-corrected chi connectivity index (χ3v) is 2.74. The van der Waals surface area contributed by atoms with E-state index in [1.165, 1.54) is 12.1 Å². The van der Waals surface area contributed by atoms with Gasteiger partial charge in [0.05, 0.1) is 6.42 Å². The fraction of sp³-hybridized carbons (Fsp3) is 0.143. The highest BCUT2D eigenvalue weighted by Crippen LogP contribution is 2.18. The molecule has 0 bridgehead atoms. The normalized spacial score (nSPS) is 10.2. The summed E-state index contributed by atoms with van der Waals surface area (Å²) in [6.45, 7) is 1.87. The van der Waals surface area contributed by atoms with E-state index in [0.717, 1.165) is 16.8 Å². The molecule has 0 atom stereocenters. The monoisotopic (exact) mass is 258 g/mol. The van der Waals surface area contributed by atoms with Gasteiger partial charge >= 0.3 is 5.97 Å². The molecule has 0 aliphatic rings. The number of rotatable bonds is 4. The molecule has 1 aromatic carbocycles. The Morgan fingerprint density at radius 3 is 2.79 bits per heavy atom. The van der Waals surface area contributed by atoms with Gasteiger partial charge in [-0.05, 0) is 30.2 Å². The third-order valence-electron chi connectivity index (χ3n) is 2.74. The Morgan fingerprint density at radius 2 is 2.11 bits per heavy atom. The Morgan fingerprint density at radius 1 is 1.32 bits per heavy atom. The molecule has 2 aromatic rings. The molecule has 0 aliphatic carbocycles. The number of hydrogen-bond donors (Lipinski definition) is 3. The number of carboxylic acid groups (broad SMARTS) is 1. The second kappa shape index (κ2) is 5.39. The van der Waals surface area contributed by atoms with Gasteiger partial charge in [0.1, 0.15) is 5.82 Å². The van der Waals surface area contributed by atoms with Crippen LogP contribution < -0.4 is 10.7 Å². The minimum atomic E-state index is -0.867. The molecular formula is C14H14N2O3. The van der Waals surface area contributed by atoms with Crippen LogP contribution in [0.1, 0.15) is 11.1 Å². The van der Waals surface area contributed by atoms with Crippen molar-refractivity contribution in [3.63, 3.8) is 0 Å². The molecule has 1 heterocycles. The molecule has 1 aromatic heterocycles. The lowest BCUT2D eigenvalue weighted by Crippen LogP contribution is -2.04. The van der Waals surface area contributed by atoms with Crippen molar-refractivity contribution in [2.24, 2.45) is 0 Å². The van der Waals surface area contributed by atoms with Crippen LogP contribution in [-0.4, -0.2) is 16.1 Å². The van der Waals surface area contributed by atoms with E-state index >= 15 is 0 Å². The summed E-state index contributed by atoms with van der Waals surface area (Å²) >= 11 is 0. The summed E-state index contributed by atoms with van der Waals surface area (Å²) in [5, 5.41) is 11.9. The number of aryl methyl sites for hydroxylation is 1. The van der Waals surface area contributed by atoms with Gasteiger partial charge in [0, 0.05) is 24.0 Å². The fourth-order valence-electron chi connectivity index (χ4n) is 1.78. The number of pyridine rings is 1. The van der Waals surface area contributed by atoms with E-state index in [0.29, 0.717) is 5.82 Å². The third kappa shape index (κ3) is 3.45. The molecule has 2 rings (SSSR count). The van der Waals surface area contributed by atoms with E-state index in [4.69, 9.17) is 5.11 Å². The Hall–Kier alpha value is -2.56. The van der Waals surface area contributed by atoms with E-state index in [1.54, 1.807) is 12.3 Å². The lowest BCUT2D eigenvalue weighted by molar-refractivity contribution is -0.136. The van der Waals surface area contributed by atoms with E-state index in [1.807, 2.05) is 19.1 Å². The zero-order valence-corrected chi connectivity index (χ0v) is 10.4. The molecule has 0 spiro atoms. The predicted octanol–water partition coefficient (Wildman–Crippen LogP) is 2.05. The maximum atomic E-state index is 11.2. The number of aromatic nitrogens is 1. The largest absolute Gasteiger partial charge is 0.481 e. The SMILES string of the molecule is Cc1ccc(Nc2cc(=O)cc[nH]2)cc1CC(=O)O. The van der Waals surface area contributed by atoms with Crippen LogP contribution in [0.2, 0.25) is 0 Å². The van der Waals surface area contributed by atoms with Crippen LogP contribution in [-0.2, 0) is 11.2 Å². The van der Waals surface area contributed by atoms with Gasteiger partial charge in [-0.1, -0.05) is 6.07 Å². The van der Waals surface area contributed by atoms with Gasteiger partial charge in [-0.3, -0.25) is 9.59 Å². The van der Waals surface area contributed by atoms with Crippen molar-refractivity contribution in [2.75, 3.05) is 5.32 Å². The first kappa shape index (κ1) is 12.9. The smallest absolute Gasteiger partial charge is 0.307 e. The topological polar surface area (TPSA) is 82.2 Å². The van der Waals surface area contributed by atoms with Crippen molar-refractivity contribution in [3.8, 4) is 0 Å². The van der Waals surface area contributed by atoms with Crippen molar-refractivity contribution in [1.29, 1.82) is 0 Å². The number of hydrogen-bond acceptors (Lipinski definition) is 3. The zero-order chi connectivity index (χ0) is 13.8. The Labute approximate surface area is 109 Å². The van der Waals surface area contributed by atoms with Crippen LogP contribution >= 0.6 is 0 Å². The van der Waals surface area contributed by atoms with E-state index < -0.39 is 5.97 Å². The van der Waals surface area contributed by atoms with Crippen LogP contribution in [0.4, 0.5) is 11.5 Å². The molecule has 0 radical (unpaired) electrons. The molecule has 0 fully saturated rings. The van der Waals surface area contributed by atoms with Crippen molar-refractivity contribution in [3.05, 3.63) is 57.9 Å². The molecule has 0 saturated carbocycles. The van der Waals surface area contributed by atoms with E-state index in [2.05, 4.69) is 10.3 Å². The number of carbonyl (C=O) groups is 1. The van der Waals surface area contributed by atoms with Crippen LogP contribution in [0.5, 0.6) is 0 Å². The molecule has 3 N–H and O–H groups in total. The second-order valence-electron chi connectivity index (χ2n) is 4.27. The number of aromatic amines is 1. The van der Waals surface area contributed by atoms with Gasteiger partial charge in [-0.25, -0.2) is 0 Å². The van der Waals surface area contributed by atoms with Crippen molar-refractivity contribution in [1.82, 2.24) is 4.98 Å². The van der Waals surface area contributed by atoms with Gasteiger partial charge in [0.2, 0.25) is 0 Å². The van der Waals surface area contributed by atoms with Crippen molar-refractivity contribution in [2.45, 2.75) is 13.3 Å². The summed E-state index contributed by atoms with van der Waals surface area (Å²) in [6, 6.07) is 8.33. The van der Waals surface area contributed by atoms with Gasteiger partial charge in [-0.15, -0.1) is 0 Å². The summed E-state index contributed by atoms with van der Waals surface area (Å²) in [5.41, 5.74) is 2.31. The molecule has 0 amide bonds. The maximum Gasteiger partial charge on any atom is 0.307 e.